The van der Waals surface area contributed by atoms with Crippen molar-refractivity contribution in [2.24, 2.45) is 0 Å². The van der Waals surface area contributed by atoms with Crippen molar-refractivity contribution < 1.29 is 18.7 Å². The second-order valence-corrected chi connectivity index (χ2v) is 5.53. The van der Waals surface area contributed by atoms with Crippen molar-refractivity contribution in [3.05, 3.63) is 59.4 Å². The van der Waals surface area contributed by atoms with Gasteiger partial charge in [-0.1, -0.05) is 24.3 Å². The van der Waals surface area contributed by atoms with Crippen molar-refractivity contribution in [3.63, 3.8) is 0 Å². The quantitative estimate of drug-likeness (QED) is 0.686. The fourth-order valence-electron chi connectivity index (χ4n) is 2.27. The molecule has 25 heavy (non-hydrogen) atoms. The molecule has 5 nitrogen and oxygen atoms in total. The van der Waals surface area contributed by atoms with Gasteiger partial charge in [0.2, 0.25) is 5.91 Å². The Morgan fingerprint density at radius 1 is 1.12 bits per heavy atom. The van der Waals surface area contributed by atoms with E-state index in [1.807, 2.05) is 18.2 Å². The molecule has 0 spiro atoms. The summed E-state index contributed by atoms with van der Waals surface area (Å²) in [5, 5.41) is 5.96. The van der Waals surface area contributed by atoms with Crippen LogP contribution in [-0.4, -0.2) is 26.1 Å². The number of methoxy groups -OCH3 is 1. The summed E-state index contributed by atoms with van der Waals surface area (Å²) >= 11 is 0. The lowest BCUT2D eigenvalue weighted by Gasteiger charge is -2.13. The zero-order chi connectivity index (χ0) is 18.1. The topological polar surface area (TPSA) is 59.6 Å². The third kappa shape index (κ3) is 6.08. The summed E-state index contributed by atoms with van der Waals surface area (Å²) in [4.78, 5) is 10.8. The van der Waals surface area contributed by atoms with Gasteiger partial charge in [-0.05, 0) is 23.8 Å². The van der Waals surface area contributed by atoms with Crippen LogP contribution < -0.4 is 20.1 Å². The van der Waals surface area contributed by atoms with E-state index in [0.717, 1.165) is 5.56 Å². The van der Waals surface area contributed by atoms with Gasteiger partial charge >= 0.3 is 0 Å². The van der Waals surface area contributed by atoms with E-state index in [4.69, 9.17) is 9.47 Å². The van der Waals surface area contributed by atoms with Crippen molar-refractivity contribution in [1.82, 2.24) is 10.6 Å². The molecule has 1 amide bonds. The average molecular weight is 346 g/mol. The number of benzene rings is 2. The molecule has 0 bridgehead atoms. The van der Waals surface area contributed by atoms with Crippen molar-refractivity contribution in [3.8, 4) is 11.5 Å². The SMILES string of the molecule is COc1cc(CNCCNC(C)=O)ccc1OCc1ccccc1F. The first-order valence-electron chi connectivity index (χ1n) is 8.08. The van der Waals surface area contributed by atoms with Crippen molar-refractivity contribution in [1.29, 1.82) is 0 Å². The highest BCUT2D eigenvalue weighted by molar-refractivity contribution is 5.72. The molecule has 0 fully saturated rings. The molecular formula is C19H23FN2O3. The number of rotatable bonds is 9. The number of ether oxygens (including phenoxy) is 2. The first-order chi connectivity index (χ1) is 12.1. The van der Waals surface area contributed by atoms with Gasteiger partial charge in [0, 0.05) is 32.1 Å². The number of hydrogen-bond donors (Lipinski definition) is 2. The molecule has 2 rings (SSSR count). The Morgan fingerprint density at radius 2 is 1.92 bits per heavy atom. The Kier molecular flexibility index (Phi) is 7.22. The first kappa shape index (κ1) is 18.7. The van der Waals surface area contributed by atoms with Gasteiger partial charge in [-0.2, -0.15) is 0 Å². The molecule has 0 aromatic heterocycles. The lowest BCUT2D eigenvalue weighted by Crippen LogP contribution is -2.29. The lowest BCUT2D eigenvalue weighted by atomic mass is 10.2. The predicted octanol–water partition coefficient (Wildman–Crippen LogP) is 2.64. The third-order valence-electron chi connectivity index (χ3n) is 3.57. The molecule has 2 aromatic carbocycles. The number of carbonyl (C=O) groups excluding carboxylic acids is 1. The van der Waals surface area contributed by atoms with E-state index in [9.17, 15) is 9.18 Å². The van der Waals surface area contributed by atoms with E-state index < -0.39 is 0 Å². The van der Waals surface area contributed by atoms with Crippen molar-refractivity contribution >= 4 is 5.91 Å². The summed E-state index contributed by atoms with van der Waals surface area (Å²) in [5.74, 6) is 0.825. The molecule has 0 saturated heterocycles. The maximum atomic E-state index is 13.6. The number of hydrogen-bond acceptors (Lipinski definition) is 4. The molecule has 0 aliphatic carbocycles. The van der Waals surface area contributed by atoms with Gasteiger partial charge in [0.25, 0.3) is 0 Å². The summed E-state index contributed by atoms with van der Waals surface area (Å²) in [7, 11) is 1.57. The molecule has 6 heteroatoms. The highest BCUT2D eigenvalue weighted by Crippen LogP contribution is 2.29. The molecular weight excluding hydrogens is 323 g/mol. The van der Waals surface area contributed by atoms with Gasteiger partial charge in [-0.15, -0.1) is 0 Å². The van der Waals surface area contributed by atoms with Gasteiger partial charge in [0.05, 0.1) is 7.11 Å². The van der Waals surface area contributed by atoms with Crippen LogP contribution in [0.4, 0.5) is 4.39 Å². The van der Waals surface area contributed by atoms with E-state index in [1.165, 1.54) is 13.0 Å². The van der Waals surface area contributed by atoms with Crippen LogP contribution >= 0.6 is 0 Å². The summed E-state index contributed by atoms with van der Waals surface area (Å²) < 4.78 is 24.7. The van der Waals surface area contributed by atoms with E-state index in [-0.39, 0.29) is 18.3 Å². The van der Waals surface area contributed by atoms with Gasteiger partial charge in [0.1, 0.15) is 12.4 Å². The second-order valence-electron chi connectivity index (χ2n) is 5.53. The van der Waals surface area contributed by atoms with Crippen LogP contribution in [0.15, 0.2) is 42.5 Å². The molecule has 0 atom stereocenters. The maximum Gasteiger partial charge on any atom is 0.216 e. The summed E-state index contributed by atoms with van der Waals surface area (Å²) in [6.07, 6.45) is 0. The van der Waals surface area contributed by atoms with Gasteiger partial charge in [0.15, 0.2) is 11.5 Å². The smallest absolute Gasteiger partial charge is 0.216 e. The van der Waals surface area contributed by atoms with Gasteiger partial charge < -0.3 is 20.1 Å². The molecule has 2 N–H and O–H groups in total. The molecule has 0 radical (unpaired) electrons. The standard InChI is InChI=1S/C19H23FN2O3/c1-14(23)22-10-9-21-12-15-7-8-18(19(11-15)24-2)25-13-16-5-3-4-6-17(16)20/h3-8,11,21H,9-10,12-13H2,1-2H3,(H,22,23). The molecule has 2 aromatic rings. The molecule has 0 unspecified atom stereocenters. The summed E-state index contributed by atoms with van der Waals surface area (Å²) in [5.41, 5.74) is 1.52. The Bertz CT molecular complexity index is 707. The lowest BCUT2D eigenvalue weighted by molar-refractivity contribution is -0.118. The number of amides is 1. The van der Waals surface area contributed by atoms with Crippen LogP contribution in [0.1, 0.15) is 18.1 Å². The van der Waals surface area contributed by atoms with Crippen LogP contribution in [0.3, 0.4) is 0 Å². The molecule has 134 valence electrons. The Morgan fingerprint density at radius 3 is 2.64 bits per heavy atom. The molecule has 0 aliphatic rings. The van der Waals surface area contributed by atoms with Crippen LogP contribution in [0, 0.1) is 5.82 Å². The van der Waals surface area contributed by atoms with Crippen LogP contribution in [0.25, 0.3) is 0 Å². The van der Waals surface area contributed by atoms with Crippen molar-refractivity contribution in [2.75, 3.05) is 20.2 Å². The fourth-order valence-corrected chi connectivity index (χ4v) is 2.27. The number of nitrogens with one attached hydrogen (secondary N) is 2. The minimum atomic E-state index is -0.290. The highest BCUT2D eigenvalue weighted by Gasteiger charge is 2.08. The van der Waals surface area contributed by atoms with Gasteiger partial charge in [-0.3, -0.25) is 4.79 Å². The van der Waals surface area contributed by atoms with E-state index >= 15 is 0 Å². The molecule has 0 saturated carbocycles. The summed E-state index contributed by atoms with van der Waals surface area (Å²) in [6, 6.07) is 12.1. The highest BCUT2D eigenvalue weighted by atomic mass is 19.1. The van der Waals surface area contributed by atoms with Crippen LogP contribution in [0.5, 0.6) is 11.5 Å². The summed E-state index contributed by atoms with van der Waals surface area (Å²) in [6.45, 7) is 3.52. The molecule has 0 heterocycles. The minimum Gasteiger partial charge on any atom is -0.493 e. The average Bonchev–Trinajstić information content (AvgIpc) is 2.61. The van der Waals surface area contributed by atoms with Crippen LogP contribution in [0.2, 0.25) is 0 Å². The Balaban J connectivity index is 1.90. The van der Waals surface area contributed by atoms with E-state index in [1.54, 1.807) is 25.3 Å². The Labute approximate surface area is 147 Å². The van der Waals surface area contributed by atoms with Crippen molar-refractivity contribution in [2.45, 2.75) is 20.1 Å². The second kappa shape index (κ2) is 9.64. The number of carbonyl (C=O) groups is 1. The predicted molar refractivity (Wildman–Crippen MR) is 94.1 cm³/mol. The largest absolute Gasteiger partial charge is 0.493 e. The number of halogens is 1. The first-order valence-corrected chi connectivity index (χ1v) is 8.08. The van der Waals surface area contributed by atoms with Crippen LogP contribution in [-0.2, 0) is 17.9 Å². The van der Waals surface area contributed by atoms with E-state index in [2.05, 4.69) is 10.6 Å². The maximum absolute atomic E-state index is 13.6. The monoisotopic (exact) mass is 346 g/mol. The van der Waals surface area contributed by atoms with Gasteiger partial charge in [-0.25, -0.2) is 4.39 Å². The zero-order valence-corrected chi connectivity index (χ0v) is 14.5. The third-order valence-corrected chi connectivity index (χ3v) is 3.57. The normalized spacial score (nSPS) is 10.4. The Hall–Kier alpha value is -2.60. The minimum absolute atomic E-state index is 0.0418. The molecule has 0 aliphatic heterocycles. The van der Waals surface area contributed by atoms with E-state index in [0.29, 0.717) is 36.7 Å². The fraction of sp³-hybridized carbons (Fsp3) is 0.316. The zero-order valence-electron chi connectivity index (χ0n) is 14.5.